The largest absolute Gasteiger partial charge is 0.392 e. The van der Waals surface area contributed by atoms with Crippen molar-refractivity contribution in [1.82, 2.24) is 0 Å². The lowest BCUT2D eigenvalue weighted by Gasteiger charge is -2.15. The third kappa shape index (κ3) is 3.48. The van der Waals surface area contributed by atoms with Gasteiger partial charge < -0.3 is 5.11 Å². The van der Waals surface area contributed by atoms with Crippen LogP contribution in [0.25, 0.3) is 0 Å². The summed E-state index contributed by atoms with van der Waals surface area (Å²) in [5.41, 5.74) is 0.680. The van der Waals surface area contributed by atoms with Gasteiger partial charge in [-0.2, -0.15) is 0 Å². The van der Waals surface area contributed by atoms with Crippen molar-refractivity contribution in [2.24, 2.45) is 5.92 Å². The van der Waals surface area contributed by atoms with E-state index >= 15 is 0 Å². The van der Waals surface area contributed by atoms with Crippen LogP contribution in [0.5, 0.6) is 0 Å². The summed E-state index contributed by atoms with van der Waals surface area (Å²) in [4.78, 5) is 11.7. The van der Waals surface area contributed by atoms with Gasteiger partial charge in [0.25, 0.3) is 0 Å². The van der Waals surface area contributed by atoms with Gasteiger partial charge in [-0.1, -0.05) is 50.6 Å². The van der Waals surface area contributed by atoms with Crippen LogP contribution in [-0.4, -0.2) is 17.0 Å². The van der Waals surface area contributed by atoms with Gasteiger partial charge >= 0.3 is 0 Å². The highest BCUT2D eigenvalue weighted by molar-refractivity contribution is 5.96. The molecule has 0 aliphatic heterocycles. The zero-order valence-corrected chi connectivity index (χ0v) is 9.31. The second-order valence-corrected chi connectivity index (χ2v) is 3.95. The van der Waals surface area contributed by atoms with E-state index < -0.39 is 6.10 Å². The van der Waals surface area contributed by atoms with E-state index in [0.717, 1.165) is 6.42 Å². The van der Waals surface area contributed by atoms with Crippen molar-refractivity contribution in [3.05, 3.63) is 35.9 Å². The Morgan fingerprint density at radius 2 is 1.93 bits per heavy atom. The predicted molar refractivity (Wildman–Crippen MR) is 60.9 cm³/mol. The molecule has 0 radical (unpaired) electrons. The van der Waals surface area contributed by atoms with Crippen LogP contribution in [0.2, 0.25) is 0 Å². The predicted octanol–water partition coefficient (Wildman–Crippen LogP) is 2.67. The van der Waals surface area contributed by atoms with E-state index in [9.17, 15) is 9.90 Å². The van der Waals surface area contributed by atoms with Crippen molar-refractivity contribution in [3.8, 4) is 0 Å². The highest BCUT2D eigenvalue weighted by atomic mass is 16.3. The number of carbonyl (C=O) groups excluding carboxylic acids is 1. The maximum atomic E-state index is 11.7. The minimum atomic E-state index is -0.525. The van der Waals surface area contributed by atoms with Gasteiger partial charge in [0.05, 0.1) is 6.10 Å². The lowest BCUT2D eigenvalue weighted by molar-refractivity contribution is 0.0759. The van der Waals surface area contributed by atoms with Gasteiger partial charge in [0.1, 0.15) is 0 Å². The molecule has 82 valence electrons. The number of benzene rings is 1. The molecular weight excluding hydrogens is 188 g/mol. The Balaban J connectivity index is 2.57. The monoisotopic (exact) mass is 206 g/mol. The van der Waals surface area contributed by atoms with E-state index in [-0.39, 0.29) is 18.1 Å². The zero-order chi connectivity index (χ0) is 11.3. The molecule has 1 aromatic rings. The van der Waals surface area contributed by atoms with Crippen LogP contribution < -0.4 is 0 Å². The molecule has 2 heteroatoms. The Bertz CT molecular complexity index is 306. The van der Waals surface area contributed by atoms with Crippen molar-refractivity contribution in [1.29, 1.82) is 0 Å². The van der Waals surface area contributed by atoms with E-state index in [4.69, 9.17) is 0 Å². The molecule has 0 aromatic heterocycles. The summed E-state index contributed by atoms with van der Waals surface area (Å²) in [6.45, 7) is 3.98. The van der Waals surface area contributed by atoms with Crippen molar-refractivity contribution in [2.45, 2.75) is 32.8 Å². The SMILES string of the molecule is CC[C@@H](C)[C@@H](O)CC(=O)c1ccccc1. The molecule has 15 heavy (non-hydrogen) atoms. The molecule has 0 unspecified atom stereocenters. The number of hydrogen-bond acceptors (Lipinski definition) is 2. The highest BCUT2D eigenvalue weighted by Crippen LogP contribution is 2.13. The number of rotatable bonds is 5. The first-order valence-electron chi connectivity index (χ1n) is 5.41. The Labute approximate surface area is 90.9 Å². The molecule has 0 spiro atoms. The van der Waals surface area contributed by atoms with E-state index in [2.05, 4.69) is 0 Å². The van der Waals surface area contributed by atoms with Crippen LogP contribution in [0.15, 0.2) is 30.3 Å². The molecule has 0 aliphatic carbocycles. The Kier molecular flexibility index (Phi) is 4.50. The average molecular weight is 206 g/mol. The standard InChI is InChI=1S/C13H18O2/c1-3-10(2)12(14)9-13(15)11-7-5-4-6-8-11/h4-8,10,12,14H,3,9H2,1-2H3/t10-,12+/m1/s1. The van der Waals surface area contributed by atoms with Crippen LogP contribution in [0.3, 0.4) is 0 Å². The number of hydrogen-bond donors (Lipinski definition) is 1. The third-order valence-corrected chi connectivity index (χ3v) is 2.79. The summed E-state index contributed by atoms with van der Waals surface area (Å²) in [5.74, 6) is 0.195. The van der Waals surface area contributed by atoms with Gasteiger partial charge in [-0.3, -0.25) is 4.79 Å². The van der Waals surface area contributed by atoms with Gasteiger partial charge in [-0.15, -0.1) is 0 Å². The lowest BCUT2D eigenvalue weighted by Crippen LogP contribution is -2.21. The summed E-state index contributed by atoms with van der Waals surface area (Å²) >= 11 is 0. The van der Waals surface area contributed by atoms with Crippen molar-refractivity contribution in [2.75, 3.05) is 0 Å². The molecule has 1 aromatic carbocycles. The summed E-state index contributed by atoms with van der Waals surface area (Å²) in [6.07, 6.45) is 0.588. The Morgan fingerprint density at radius 1 is 1.33 bits per heavy atom. The lowest BCUT2D eigenvalue weighted by atomic mass is 9.95. The van der Waals surface area contributed by atoms with Gasteiger partial charge in [-0.25, -0.2) is 0 Å². The van der Waals surface area contributed by atoms with E-state index in [1.54, 1.807) is 12.1 Å². The average Bonchev–Trinajstić information content (AvgIpc) is 2.29. The number of ketones is 1. The fraction of sp³-hybridized carbons (Fsp3) is 0.462. The summed E-state index contributed by atoms with van der Waals surface area (Å²) in [6, 6.07) is 9.12. The van der Waals surface area contributed by atoms with Crippen molar-refractivity contribution < 1.29 is 9.90 Å². The van der Waals surface area contributed by atoms with Crippen LogP contribution in [0, 0.1) is 5.92 Å². The first kappa shape index (κ1) is 11.9. The molecule has 0 fully saturated rings. The number of carbonyl (C=O) groups is 1. The fourth-order valence-corrected chi connectivity index (χ4v) is 1.41. The first-order valence-corrected chi connectivity index (χ1v) is 5.41. The molecule has 2 nitrogen and oxygen atoms in total. The molecule has 0 bridgehead atoms. The van der Waals surface area contributed by atoms with Gasteiger partial charge in [0, 0.05) is 12.0 Å². The number of aliphatic hydroxyl groups is 1. The third-order valence-electron chi connectivity index (χ3n) is 2.79. The molecule has 0 aliphatic rings. The molecule has 2 atom stereocenters. The van der Waals surface area contributed by atoms with E-state index in [1.807, 2.05) is 32.0 Å². The number of Topliss-reactive ketones (excluding diaryl/α,β-unsaturated/α-hetero) is 1. The van der Waals surface area contributed by atoms with E-state index in [0.29, 0.717) is 5.56 Å². The minimum Gasteiger partial charge on any atom is -0.392 e. The Morgan fingerprint density at radius 3 is 2.47 bits per heavy atom. The number of aliphatic hydroxyl groups excluding tert-OH is 1. The fourth-order valence-electron chi connectivity index (χ4n) is 1.41. The highest BCUT2D eigenvalue weighted by Gasteiger charge is 2.17. The van der Waals surface area contributed by atoms with Crippen LogP contribution in [-0.2, 0) is 0 Å². The van der Waals surface area contributed by atoms with E-state index in [1.165, 1.54) is 0 Å². The summed E-state index contributed by atoms with van der Waals surface area (Å²) in [7, 11) is 0. The second-order valence-electron chi connectivity index (χ2n) is 3.95. The van der Waals surface area contributed by atoms with Crippen LogP contribution in [0.4, 0.5) is 0 Å². The minimum absolute atomic E-state index is 0.0170. The van der Waals surface area contributed by atoms with Crippen molar-refractivity contribution in [3.63, 3.8) is 0 Å². The second kappa shape index (κ2) is 5.66. The van der Waals surface area contributed by atoms with Gasteiger partial charge in [0.2, 0.25) is 0 Å². The Hall–Kier alpha value is -1.15. The topological polar surface area (TPSA) is 37.3 Å². The zero-order valence-electron chi connectivity index (χ0n) is 9.31. The molecule has 0 heterocycles. The first-order chi connectivity index (χ1) is 7.15. The van der Waals surface area contributed by atoms with Gasteiger partial charge in [-0.05, 0) is 5.92 Å². The molecule has 1 rings (SSSR count). The molecule has 1 N–H and O–H groups in total. The maximum Gasteiger partial charge on any atom is 0.165 e. The summed E-state index contributed by atoms with van der Waals surface area (Å²) < 4.78 is 0. The smallest absolute Gasteiger partial charge is 0.165 e. The maximum absolute atomic E-state index is 11.7. The normalized spacial score (nSPS) is 14.6. The molecule has 0 amide bonds. The molecule has 0 saturated heterocycles. The quantitative estimate of drug-likeness (QED) is 0.752. The van der Waals surface area contributed by atoms with Crippen LogP contribution in [0.1, 0.15) is 37.0 Å². The van der Waals surface area contributed by atoms with Crippen molar-refractivity contribution >= 4 is 5.78 Å². The van der Waals surface area contributed by atoms with Gasteiger partial charge in [0.15, 0.2) is 5.78 Å². The molecular formula is C13H18O2. The molecule has 0 saturated carbocycles. The summed E-state index contributed by atoms with van der Waals surface area (Å²) in [5, 5.41) is 9.73. The van der Waals surface area contributed by atoms with Crippen LogP contribution >= 0.6 is 0 Å².